The van der Waals surface area contributed by atoms with Gasteiger partial charge < -0.3 is 5.32 Å². The average Bonchev–Trinajstić information content (AvgIpc) is 2.48. The fraction of sp³-hybridized carbons (Fsp3) is 0.375. The molecule has 3 nitrogen and oxygen atoms in total. The fourth-order valence-corrected chi connectivity index (χ4v) is 3.02. The molecule has 1 atom stereocenters. The zero-order valence-corrected chi connectivity index (χ0v) is 13.4. The van der Waals surface area contributed by atoms with Crippen LogP contribution in [-0.4, -0.2) is 17.0 Å². The van der Waals surface area contributed by atoms with Crippen molar-refractivity contribution in [2.75, 3.05) is 7.05 Å². The molecule has 1 heterocycles. The highest BCUT2D eigenvalue weighted by atomic mass is 79.9. The second-order valence-electron chi connectivity index (χ2n) is 5.29. The Balaban J connectivity index is 2.01. The van der Waals surface area contributed by atoms with Crippen molar-refractivity contribution in [2.45, 2.75) is 32.2 Å². The largest absolute Gasteiger partial charge is 0.313 e. The van der Waals surface area contributed by atoms with Crippen LogP contribution in [0, 0.1) is 6.92 Å². The highest BCUT2D eigenvalue weighted by molar-refractivity contribution is 9.10. The van der Waals surface area contributed by atoms with E-state index < -0.39 is 0 Å². The predicted molar refractivity (Wildman–Crippen MR) is 84.6 cm³/mol. The van der Waals surface area contributed by atoms with Gasteiger partial charge in [0.25, 0.3) is 0 Å². The molecule has 1 unspecified atom stereocenters. The maximum atomic E-state index is 4.79. The molecule has 0 aliphatic heterocycles. The van der Waals surface area contributed by atoms with E-state index in [4.69, 9.17) is 4.98 Å². The van der Waals surface area contributed by atoms with Crippen LogP contribution in [0.2, 0.25) is 0 Å². The lowest BCUT2D eigenvalue weighted by atomic mass is 9.92. The molecule has 1 aromatic heterocycles. The van der Waals surface area contributed by atoms with Gasteiger partial charge in [-0.2, -0.15) is 0 Å². The van der Waals surface area contributed by atoms with E-state index in [1.54, 1.807) is 0 Å². The first-order valence-electron chi connectivity index (χ1n) is 6.98. The molecule has 1 aromatic carbocycles. The Morgan fingerprint density at radius 1 is 1.35 bits per heavy atom. The lowest BCUT2D eigenvalue weighted by Crippen LogP contribution is -2.22. The van der Waals surface area contributed by atoms with E-state index in [1.165, 1.54) is 29.7 Å². The molecule has 0 bridgehead atoms. The molecule has 3 rings (SSSR count). The van der Waals surface area contributed by atoms with Crippen LogP contribution in [0.25, 0.3) is 11.4 Å². The summed E-state index contributed by atoms with van der Waals surface area (Å²) >= 11 is 3.53. The topological polar surface area (TPSA) is 37.8 Å². The van der Waals surface area contributed by atoms with Gasteiger partial charge >= 0.3 is 0 Å². The van der Waals surface area contributed by atoms with E-state index in [-0.39, 0.29) is 0 Å². The van der Waals surface area contributed by atoms with Gasteiger partial charge in [0.05, 0.1) is 0 Å². The maximum absolute atomic E-state index is 4.79. The van der Waals surface area contributed by atoms with Crippen molar-refractivity contribution in [3.63, 3.8) is 0 Å². The first-order chi connectivity index (χ1) is 9.69. The van der Waals surface area contributed by atoms with Gasteiger partial charge in [0.2, 0.25) is 0 Å². The lowest BCUT2D eigenvalue weighted by Gasteiger charge is -2.24. The number of nitrogens with one attached hydrogen (secondary N) is 1. The normalized spacial score (nSPS) is 17.9. The molecule has 0 spiro atoms. The Labute approximate surface area is 128 Å². The highest BCUT2D eigenvalue weighted by Gasteiger charge is 2.21. The quantitative estimate of drug-likeness (QED) is 0.909. The number of benzene rings is 1. The average molecular weight is 332 g/mol. The zero-order valence-electron chi connectivity index (χ0n) is 11.8. The maximum Gasteiger partial charge on any atom is 0.159 e. The smallest absolute Gasteiger partial charge is 0.159 e. The minimum atomic E-state index is 0.402. The lowest BCUT2D eigenvalue weighted by molar-refractivity contribution is 0.488. The third kappa shape index (κ3) is 2.50. The summed E-state index contributed by atoms with van der Waals surface area (Å²) < 4.78 is 1.12. The number of halogens is 1. The monoisotopic (exact) mass is 331 g/mol. The molecular formula is C16H18BrN3. The summed E-state index contributed by atoms with van der Waals surface area (Å²) in [6.45, 7) is 2.09. The van der Waals surface area contributed by atoms with Gasteiger partial charge in [0.1, 0.15) is 0 Å². The van der Waals surface area contributed by atoms with Gasteiger partial charge in [-0.25, -0.2) is 9.97 Å². The molecule has 1 N–H and O–H groups in total. The number of fused-ring (bicyclic) bond motifs is 1. The van der Waals surface area contributed by atoms with Crippen LogP contribution in [0.1, 0.15) is 35.7 Å². The van der Waals surface area contributed by atoms with E-state index in [0.29, 0.717) is 6.04 Å². The van der Waals surface area contributed by atoms with Crippen LogP contribution in [0.3, 0.4) is 0 Å². The Morgan fingerprint density at radius 3 is 2.95 bits per heavy atom. The molecule has 104 valence electrons. The number of hydrogen-bond acceptors (Lipinski definition) is 3. The van der Waals surface area contributed by atoms with E-state index >= 15 is 0 Å². The van der Waals surface area contributed by atoms with Crippen molar-refractivity contribution in [3.05, 3.63) is 45.7 Å². The second-order valence-corrected chi connectivity index (χ2v) is 6.15. The van der Waals surface area contributed by atoms with Crippen LogP contribution in [0.5, 0.6) is 0 Å². The molecule has 20 heavy (non-hydrogen) atoms. The Kier molecular flexibility index (Phi) is 3.85. The van der Waals surface area contributed by atoms with Crippen molar-refractivity contribution in [3.8, 4) is 11.4 Å². The third-order valence-electron chi connectivity index (χ3n) is 3.95. The molecule has 4 heteroatoms. The van der Waals surface area contributed by atoms with Gasteiger partial charge in [-0.1, -0.05) is 22.0 Å². The second kappa shape index (κ2) is 5.62. The SMILES string of the molecule is CNC1CCCc2nc(-c3ccc(Br)c(C)c3)ncc21. The number of aromatic nitrogens is 2. The molecule has 2 aromatic rings. The molecule has 0 fully saturated rings. The molecule has 0 saturated carbocycles. The molecule has 0 amide bonds. The molecule has 1 aliphatic rings. The number of aryl methyl sites for hydroxylation is 2. The first-order valence-corrected chi connectivity index (χ1v) is 7.78. The summed E-state index contributed by atoms with van der Waals surface area (Å²) in [5.41, 5.74) is 4.74. The highest BCUT2D eigenvalue weighted by Crippen LogP contribution is 2.30. The fourth-order valence-electron chi connectivity index (χ4n) is 2.77. The van der Waals surface area contributed by atoms with Crippen molar-refractivity contribution >= 4 is 15.9 Å². The van der Waals surface area contributed by atoms with Crippen molar-refractivity contribution in [1.29, 1.82) is 0 Å². The molecule has 0 saturated heterocycles. The van der Waals surface area contributed by atoms with E-state index in [1.807, 2.05) is 13.2 Å². The van der Waals surface area contributed by atoms with Crippen LogP contribution in [0.4, 0.5) is 0 Å². The van der Waals surface area contributed by atoms with Crippen LogP contribution in [0.15, 0.2) is 28.9 Å². The van der Waals surface area contributed by atoms with Gasteiger partial charge in [-0.15, -0.1) is 0 Å². The van der Waals surface area contributed by atoms with Crippen LogP contribution < -0.4 is 5.32 Å². The summed E-state index contributed by atoms with van der Waals surface area (Å²) in [7, 11) is 2.01. The van der Waals surface area contributed by atoms with E-state index in [2.05, 4.69) is 51.4 Å². The number of hydrogen-bond donors (Lipinski definition) is 1. The molecule has 0 radical (unpaired) electrons. The van der Waals surface area contributed by atoms with Crippen molar-refractivity contribution in [2.24, 2.45) is 0 Å². The van der Waals surface area contributed by atoms with E-state index in [9.17, 15) is 0 Å². The van der Waals surface area contributed by atoms with Gasteiger partial charge in [-0.05, 0) is 50.9 Å². The van der Waals surface area contributed by atoms with Crippen molar-refractivity contribution in [1.82, 2.24) is 15.3 Å². The summed E-state index contributed by atoms with van der Waals surface area (Å²) in [6.07, 6.45) is 5.41. The van der Waals surface area contributed by atoms with Crippen molar-refractivity contribution < 1.29 is 0 Å². The Morgan fingerprint density at radius 2 is 2.20 bits per heavy atom. The summed E-state index contributed by atoms with van der Waals surface area (Å²) in [5, 5.41) is 3.35. The molecular weight excluding hydrogens is 314 g/mol. The zero-order chi connectivity index (χ0) is 14.1. The summed E-state index contributed by atoms with van der Waals surface area (Å²) in [5.74, 6) is 0.830. The third-order valence-corrected chi connectivity index (χ3v) is 4.84. The minimum Gasteiger partial charge on any atom is -0.313 e. The molecule has 1 aliphatic carbocycles. The first kappa shape index (κ1) is 13.7. The Bertz CT molecular complexity index is 640. The van der Waals surface area contributed by atoms with Gasteiger partial charge in [-0.3, -0.25) is 0 Å². The Hall–Kier alpha value is -1.26. The van der Waals surface area contributed by atoms with Gasteiger partial charge in [0, 0.05) is 33.5 Å². The van der Waals surface area contributed by atoms with E-state index in [0.717, 1.165) is 22.3 Å². The minimum absolute atomic E-state index is 0.402. The van der Waals surface area contributed by atoms with Crippen LogP contribution >= 0.6 is 15.9 Å². The summed E-state index contributed by atoms with van der Waals surface area (Å²) in [4.78, 5) is 9.35. The summed E-state index contributed by atoms with van der Waals surface area (Å²) in [6, 6.07) is 6.66. The van der Waals surface area contributed by atoms with Gasteiger partial charge in [0.15, 0.2) is 5.82 Å². The predicted octanol–water partition coefficient (Wildman–Crippen LogP) is 3.81. The van der Waals surface area contributed by atoms with Crippen LogP contribution in [-0.2, 0) is 6.42 Å². The number of nitrogens with zero attached hydrogens (tertiary/aromatic N) is 2. The number of rotatable bonds is 2. The standard InChI is InChI=1S/C16H18BrN3/c1-10-8-11(6-7-13(10)17)16-19-9-12-14(18-2)4-3-5-15(12)20-16/h6-9,14,18H,3-5H2,1-2H3.